The van der Waals surface area contributed by atoms with E-state index in [1.807, 2.05) is 141 Å². The summed E-state index contributed by atoms with van der Waals surface area (Å²) in [6, 6.07) is 128. The normalized spacial score (nSPS) is 13.7. The van der Waals surface area contributed by atoms with Crippen LogP contribution in [0.2, 0.25) is 0 Å². The van der Waals surface area contributed by atoms with Gasteiger partial charge in [-0.05, 0) is 258 Å². The highest BCUT2D eigenvalue weighted by atomic mass is 15.1. The van der Waals surface area contributed by atoms with E-state index < -0.39 is 0 Å². The fourth-order valence-electron chi connectivity index (χ4n) is 23.7. The molecule has 14 aromatic heterocycles. The number of pyridine rings is 10. The Morgan fingerprint density at radius 2 is 0.542 bits per heavy atom. The molecule has 0 bridgehead atoms. The quantitative estimate of drug-likeness (QED) is 0.137. The van der Waals surface area contributed by atoms with E-state index in [0.717, 1.165) is 140 Å². The minimum atomic E-state index is -0.182. The van der Waals surface area contributed by atoms with Crippen molar-refractivity contribution in [2.75, 3.05) is 0 Å². The second-order valence-corrected chi connectivity index (χ2v) is 39.4. The molecule has 0 spiro atoms. The van der Waals surface area contributed by atoms with Gasteiger partial charge >= 0.3 is 0 Å². The molecule has 0 saturated heterocycles. The summed E-state index contributed by atoms with van der Waals surface area (Å²) in [7, 11) is 0. The largest absolute Gasteiger partial charge is 0.307 e. The second kappa shape index (κ2) is 32.9. The molecule has 14 heterocycles. The van der Waals surface area contributed by atoms with Crippen LogP contribution in [0.25, 0.3) is 211 Å². The molecule has 4 aliphatic rings. The maximum Gasteiger partial charge on any atom is 0.138 e. The summed E-state index contributed by atoms with van der Waals surface area (Å²) >= 11 is 0. The van der Waals surface area contributed by atoms with E-state index in [1.165, 1.54) is 116 Å². The van der Waals surface area contributed by atoms with Gasteiger partial charge in [0.05, 0.1) is 89.0 Å². The van der Waals surface area contributed by atoms with Crippen LogP contribution >= 0.6 is 0 Å². The van der Waals surface area contributed by atoms with Crippen molar-refractivity contribution in [3.05, 3.63) is 470 Å². The van der Waals surface area contributed by atoms with E-state index in [9.17, 15) is 0 Å². The van der Waals surface area contributed by atoms with E-state index in [0.29, 0.717) is 0 Å². The van der Waals surface area contributed by atoms with Gasteiger partial charge in [-0.15, -0.1) is 0 Å². The second-order valence-electron chi connectivity index (χ2n) is 39.4. The minimum Gasteiger partial charge on any atom is -0.307 e. The van der Waals surface area contributed by atoms with Crippen LogP contribution in [0.5, 0.6) is 0 Å². The molecule has 14 nitrogen and oxygen atoms in total. The van der Waals surface area contributed by atoms with Gasteiger partial charge in [-0.2, -0.15) is 0 Å². The zero-order valence-corrected chi connectivity index (χ0v) is 79.7. The first kappa shape index (κ1) is 84.6. The zero-order valence-electron chi connectivity index (χ0n) is 79.7. The van der Waals surface area contributed by atoms with Gasteiger partial charge in [0.15, 0.2) is 0 Å². The first-order valence-corrected chi connectivity index (χ1v) is 48.5. The van der Waals surface area contributed by atoms with Gasteiger partial charge in [-0.1, -0.05) is 262 Å². The molecule has 0 unspecified atom stereocenters. The third kappa shape index (κ3) is 13.2. The standard InChI is InChI=1S/C36H26N4.2C31H23N3.C30H22N4/c1-36(2)28-14-7-6-13-25(28)26-18-19-27-34-31(21-24(22-38-34)23-11-4-3-5-12-23)40(35(27)33(26)36)32-17-10-16-30(39-32)29-15-8-9-20-37-29;1-31(2)26-12-4-3-11-23(26)24-14-15-25-29-27(13-7-17-33-29)34(30(25)28(24)31)22-10-5-8-20(18-22)21-9-6-16-32-19-21;1-31(2)25-12-4-3-11-22(25)23-15-16-24-29-27(14-8-18-33-29)34(30(24)28(23)31)21-10-7-9-20(19-21)26-13-5-6-17-32-26;1-30(2)23-10-4-3-9-20(23)21-14-15-22-28-25(12-7-17-32-28)34(29(22)27(21)30)26-13-5-11-24(33-26)19-8-6-16-31-18-19/h3-22H,1-2H3;2*3-19H,1-2H3;3-18H,1-2H3. The minimum absolute atomic E-state index is 0.113. The number of rotatable bonds is 9. The Labute approximate surface area is 821 Å². The van der Waals surface area contributed by atoms with Gasteiger partial charge in [0.1, 0.15) is 11.6 Å². The summed E-state index contributed by atoms with van der Waals surface area (Å²) in [5.74, 6) is 1.74. The van der Waals surface area contributed by atoms with Crippen LogP contribution in [-0.2, 0) is 21.7 Å². The number of nitrogens with zero attached hydrogens (tertiary/aromatic N) is 14. The SMILES string of the molecule is CC1(C)c2ccccc2-c2ccc3c4ncc(-c5ccccc5)cc4n(-c4cccc(-c5ccccn5)n4)c3c21.CC1(C)c2ccccc2-c2ccc3c4ncccc4n(-c4cccc(-c5ccccn5)c4)c3c21.CC1(C)c2ccccc2-c2ccc3c4ncccc4n(-c4cccc(-c5cccnc5)c4)c3c21.CC1(C)c2ccccc2-c2ccc3c4ncccc4n(-c4cccc(-c5cccnc5)n4)c3c21. The van der Waals surface area contributed by atoms with Crippen LogP contribution in [0.3, 0.4) is 0 Å². The van der Waals surface area contributed by atoms with Crippen molar-refractivity contribution in [2.45, 2.75) is 77.0 Å². The first-order valence-electron chi connectivity index (χ1n) is 48.5. The number of fused-ring (bicyclic) bond motifs is 28. The molecule has 14 heteroatoms. The van der Waals surface area contributed by atoms with Gasteiger partial charge in [0, 0.05) is 139 Å². The van der Waals surface area contributed by atoms with Crippen molar-refractivity contribution in [2.24, 2.45) is 0 Å². The van der Waals surface area contributed by atoms with Crippen molar-refractivity contribution in [1.29, 1.82) is 0 Å². The summed E-state index contributed by atoms with van der Waals surface area (Å²) in [5.41, 5.74) is 46.5. The highest BCUT2D eigenvalue weighted by molar-refractivity contribution is 6.16. The lowest BCUT2D eigenvalue weighted by Crippen LogP contribution is -2.16. The average molecular weight is 1830 g/mol. The summed E-state index contributed by atoms with van der Waals surface area (Å²) in [6.45, 7) is 18.7. The number of benzene rings is 11. The lowest BCUT2D eigenvalue weighted by atomic mass is 9.81. The highest BCUT2D eigenvalue weighted by Crippen LogP contribution is 2.59. The third-order valence-electron chi connectivity index (χ3n) is 30.0. The summed E-state index contributed by atoms with van der Waals surface area (Å²) in [6.07, 6.45) is 18.7. The topological polar surface area (TPSA) is 149 Å². The Bertz CT molecular complexity index is 8800. The lowest BCUT2D eigenvalue weighted by Gasteiger charge is -2.23. The van der Waals surface area contributed by atoms with Crippen LogP contribution in [-0.4, -0.2) is 68.1 Å². The van der Waals surface area contributed by atoms with Crippen molar-refractivity contribution >= 4 is 87.7 Å². The fraction of sp³-hybridized carbons (Fsp3) is 0.0938. The lowest BCUT2D eigenvalue weighted by molar-refractivity contribution is 0.663. The summed E-state index contributed by atoms with van der Waals surface area (Å²) < 4.78 is 9.42. The van der Waals surface area contributed by atoms with E-state index in [1.54, 1.807) is 6.20 Å². The van der Waals surface area contributed by atoms with Crippen molar-refractivity contribution in [3.8, 4) is 124 Å². The number of aromatic nitrogens is 14. The van der Waals surface area contributed by atoms with Crippen LogP contribution in [0.15, 0.2) is 426 Å². The Morgan fingerprint density at radius 3 is 0.993 bits per heavy atom. The van der Waals surface area contributed by atoms with Crippen molar-refractivity contribution in [3.63, 3.8) is 0 Å². The predicted octanol–water partition coefficient (Wildman–Crippen LogP) is 30.6. The number of hydrogen-bond acceptors (Lipinski definition) is 10. The molecule has 25 aromatic rings. The molecule has 0 saturated carbocycles. The van der Waals surface area contributed by atoms with E-state index in [4.69, 9.17) is 29.9 Å². The molecule has 0 N–H and O–H groups in total. The third-order valence-corrected chi connectivity index (χ3v) is 30.0. The molecule has 4 aliphatic carbocycles. The molecule has 676 valence electrons. The molecule has 0 atom stereocenters. The van der Waals surface area contributed by atoms with Gasteiger partial charge < -0.3 is 9.13 Å². The van der Waals surface area contributed by atoms with E-state index in [-0.39, 0.29) is 21.7 Å². The molecule has 11 aromatic carbocycles. The molecular formula is C128H94N14. The maximum absolute atomic E-state index is 5.18. The first-order chi connectivity index (χ1) is 69.5. The van der Waals surface area contributed by atoms with Crippen molar-refractivity contribution < 1.29 is 0 Å². The smallest absolute Gasteiger partial charge is 0.138 e. The Hall–Kier alpha value is -17.9. The summed E-state index contributed by atoms with van der Waals surface area (Å²) in [4.78, 5) is 47.6. The predicted molar refractivity (Wildman–Crippen MR) is 579 cm³/mol. The van der Waals surface area contributed by atoms with E-state index >= 15 is 0 Å². The Morgan fingerprint density at radius 1 is 0.197 bits per heavy atom. The van der Waals surface area contributed by atoms with E-state index in [2.05, 4.69) is 373 Å². The molecule has 0 aliphatic heterocycles. The maximum atomic E-state index is 5.18. The van der Waals surface area contributed by atoms with Crippen LogP contribution in [0, 0.1) is 0 Å². The van der Waals surface area contributed by atoms with Crippen LogP contribution < -0.4 is 0 Å². The molecule has 29 rings (SSSR count). The molecular weight excluding hydrogens is 1730 g/mol. The average Bonchev–Trinajstić information content (AvgIpc) is 1.55. The van der Waals surface area contributed by atoms with Gasteiger partial charge in [-0.3, -0.25) is 49.0 Å². The van der Waals surface area contributed by atoms with Gasteiger partial charge in [0.25, 0.3) is 0 Å². The summed E-state index contributed by atoms with van der Waals surface area (Å²) in [5, 5.41) is 4.68. The van der Waals surface area contributed by atoms with Crippen molar-refractivity contribution in [1.82, 2.24) is 68.1 Å². The Balaban J connectivity index is 0.0000000972. The monoisotopic (exact) mass is 1830 g/mol. The molecule has 0 fully saturated rings. The molecule has 0 amide bonds. The highest BCUT2D eigenvalue weighted by Gasteiger charge is 2.44. The number of hydrogen-bond donors (Lipinski definition) is 0. The van der Waals surface area contributed by atoms with Gasteiger partial charge in [0.2, 0.25) is 0 Å². The molecule has 142 heavy (non-hydrogen) atoms. The molecule has 0 radical (unpaired) electrons. The van der Waals surface area contributed by atoms with Crippen LogP contribution in [0.4, 0.5) is 0 Å². The Kier molecular flexibility index (Phi) is 19.6. The van der Waals surface area contributed by atoms with Crippen LogP contribution in [0.1, 0.15) is 99.9 Å². The fourth-order valence-corrected chi connectivity index (χ4v) is 23.7. The zero-order chi connectivity index (χ0) is 95.4. The van der Waals surface area contributed by atoms with Gasteiger partial charge in [-0.25, -0.2) is 9.97 Å².